The van der Waals surface area contributed by atoms with E-state index in [1.54, 1.807) is 13.0 Å². The molecule has 6 heteroatoms. The zero-order chi connectivity index (χ0) is 15.2. The average molecular weight is 293 g/mol. The topological polar surface area (TPSA) is 60.2 Å². The van der Waals surface area contributed by atoms with Crippen LogP contribution < -0.4 is 10.1 Å². The van der Waals surface area contributed by atoms with E-state index in [0.29, 0.717) is 11.8 Å². The van der Waals surface area contributed by atoms with E-state index in [0.717, 1.165) is 18.5 Å². The summed E-state index contributed by atoms with van der Waals surface area (Å²) in [5, 5.41) is 10.8. The molecule has 0 aliphatic heterocycles. The SMILES string of the molecule is CCCNC(C)c1ccc(OCc2nnc(C)o2)c(F)c1. The maximum atomic E-state index is 14.0. The third kappa shape index (κ3) is 4.26. The zero-order valence-corrected chi connectivity index (χ0v) is 12.5. The second kappa shape index (κ2) is 7.17. The van der Waals surface area contributed by atoms with E-state index in [9.17, 15) is 4.39 Å². The van der Waals surface area contributed by atoms with E-state index in [4.69, 9.17) is 9.15 Å². The van der Waals surface area contributed by atoms with Crippen molar-refractivity contribution in [3.63, 3.8) is 0 Å². The van der Waals surface area contributed by atoms with Crippen LogP contribution in [0.1, 0.15) is 43.7 Å². The molecule has 1 aromatic carbocycles. The first-order valence-electron chi connectivity index (χ1n) is 7.04. The van der Waals surface area contributed by atoms with Crippen molar-refractivity contribution < 1.29 is 13.5 Å². The Kier molecular flexibility index (Phi) is 5.27. The highest BCUT2D eigenvalue weighted by Gasteiger charge is 2.11. The van der Waals surface area contributed by atoms with Crippen LogP contribution in [-0.4, -0.2) is 16.7 Å². The summed E-state index contributed by atoms with van der Waals surface area (Å²) in [6.07, 6.45) is 1.04. The summed E-state index contributed by atoms with van der Waals surface area (Å²) in [4.78, 5) is 0. The Bertz CT molecular complexity index is 586. The molecule has 0 amide bonds. The predicted molar refractivity (Wildman–Crippen MR) is 76.5 cm³/mol. The van der Waals surface area contributed by atoms with Crippen molar-refractivity contribution in [1.29, 1.82) is 0 Å². The van der Waals surface area contributed by atoms with Crippen molar-refractivity contribution in [2.75, 3.05) is 6.54 Å². The fraction of sp³-hybridized carbons (Fsp3) is 0.467. The Labute approximate surface area is 123 Å². The molecular formula is C15H20FN3O2. The van der Waals surface area contributed by atoms with Crippen molar-refractivity contribution >= 4 is 0 Å². The second-order valence-corrected chi connectivity index (χ2v) is 4.87. The number of benzene rings is 1. The molecule has 0 bridgehead atoms. The van der Waals surface area contributed by atoms with E-state index in [1.165, 1.54) is 6.07 Å². The number of hydrogen-bond acceptors (Lipinski definition) is 5. The van der Waals surface area contributed by atoms with Crippen LogP contribution in [0, 0.1) is 12.7 Å². The molecule has 0 radical (unpaired) electrons. The lowest BCUT2D eigenvalue weighted by Crippen LogP contribution is -2.19. The number of nitrogens with zero attached hydrogens (tertiary/aromatic N) is 2. The minimum absolute atomic E-state index is 0.0563. The van der Waals surface area contributed by atoms with Gasteiger partial charge in [0.25, 0.3) is 5.89 Å². The first-order valence-corrected chi connectivity index (χ1v) is 7.04. The summed E-state index contributed by atoms with van der Waals surface area (Å²) in [5.74, 6) is 0.570. The highest BCUT2D eigenvalue weighted by atomic mass is 19.1. The molecule has 1 N–H and O–H groups in total. The minimum atomic E-state index is -0.395. The number of nitrogens with one attached hydrogen (secondary N) is 1. The third-order valence-electron chi connectivity index (χ3n) is 3.08. The normalized spacial score (nSPS) is 12.4. The van der Waals surface area contributed by atoms with Crippen LogP contribution in [-0.2, 0) is 6.61 Å². The molecule has 0 fully saturated rings. The average Bonchev–Trinajstić information content (AvgIpc) is 2.89. The molecule has 0 aliphatic rings. The molecule has 2 aromatic rings. The summed E-state index contributed by atoms with van der Waals surface area (Å²) < 4.78 is 24.6. The van der Waals surface area contributed by atoms with Gasteiger partial charge in [-0.1, -0.05) is 13.0 Å². The standard InChI is InChI=1S/C15H20FN3O2/c1-4-7-17-10(2)12-5-6-14(13(16)8-12)20-9-15-19-18-11(3)21-15/h5-6,8,10,17H,4,7,9H2,1-3H3. The molecule has 2 rings (SSSR count). The summed E-state index contributed by atoms with van der Waals surface area (Å²) in [5.41, 5.74) is 0.891. The molecule has 0 aliphatic carbocycles. The number of halogens is 1. The highest BCUT2D eigenvalue weighted by Crippen LogP contribution is 2.22. The smallest absolute Gasteiger partial charge is 0.253 e. The van der Waals surface area contributed by atoms with E-state index < -0.39 is 5.82 Å². The van der Waals surface area contributed by atoms with E-state index >= 15 is 0 Å². The van der Waals surface area contributed by atoms with Gasteiger partial charge in [-0.05, 0) is 37.6 Å². The zero-order valence-electron chi connectivity index (χ0n) is 12.5. The summed E-state index contributed by atoms with van der Waals surface area (Å²) in [6.45, 7) is 6.75. The quantitative estimate of drug-likeness (QED) is 0.849. The van der Waals surface area contributed by atoms with Crippen molar-refractivity contribution in [3.8, 4) is 5.75 Å². The number of aryl methyl sites for hydroxylation is 1. The number of hydrogen-bond donors (Lipinski definition) is 1. The minimum Gasteiger partial charge on any atom is -0.481 e. The molecular weight excluding hydrogens is 273 g/mol. The summed E-state index contributed by atoms with van der Waals surface area (Å²) >= 11 is 0. The van der Waals surface area contributed by atoms with Crippen molar-refractivity contribution in [3.05, 3.63) is 41.4 Å². The maximum absolute atomic E-state index is 14.0. The van der Waals surface area contributed by atoms with Gasteiger partial charge in [0.1, 0.15) is 0 Å². The van der Waals surface area contributed by atoms with E-state index in [1.807, 2.05) is 13.0 Å². The Morgan fingerprint density at radius 1 is 1.38 bits per heavy atom. The van der Waals surface area contributed by atoms with Gasteiger partial charge >= 0.3 is 0 Å². The molecule has 114 valence electrons. The van der Waals surface area contributed by atoms with E-state index in [-0.39, 0.29) is 18.4 Å². The molecule has 1 heterocycles. The second-order valence-electron chi connectivity index (χ2n) is 4.87. The lowest BCUT2D eigenvalue weighted by atomic mass is 10.1. The van der Waals surface area contributed by atoms with Gasteiger partial charge in [-0.25, -0.2) is 4.39 Å². The van der Waals surface area contributed by atoms with Gasteiger partial charge in [-0.15, -0.1) is 10.2 Å². The molecule has 1 unspecified atom stereocenters. The summed E-state index contributed by atoms with van der Waals surface area (Å²) in [7, 11) is 0. The monoisotopic (exact) mass is 293 g/mol. The maximum Gasteiger partial charge on any atom is 0.253 e. The lowest BCUT2D eigenvalue weighted by Gasteiger charge is -2.14. The number of rotatable bonds is 7. The molecule has 1 atom stereocenters. The fourth-order valence-electron chi connectivity index (χ4n) is 1.92. The predicted octanol–water partition coefficient (Wildman–Crippen LogP) is 3.16. The van der Waals surface area contributed by atoms with Gasteiger partial charge in [0.15, 0.2) is 18.2 Å². The highest BCUT2D eigenvalue weighted by molar-refractivity contribution is 5.30. The van der Waals surface area contributed by atoms with Crippen LogP contribution in [0.5, 0.6) is 5.75 Å². The Morgan fingerprint density at radius 2 is 2.19 bits per heavy atom. The Balaban J connectivity index is 1.98. The number of aromatic nitrogens is 2. The van der Waals surface area contributed by atoms with Gasteiger partial charge in [0.05, 0.1) is 0 Å². The summed E-state index contributed by atoms with van der Waals surface area (Å²) in [6, 6.07) is 5.07. The molecule has 5 nitrogen and oxygen atoms in total. The molecule has 0 spiro atoms. The Hall–Kier alpha value is -1.95. The van der Waals surface area contributed by atoms with Gasteiger partial charge in [-0.2, -0.15) is 0 Å². The van der Waals surface area contributed by atoms with Crippen LogP contribution >= 0.6 is 0 Å². The molecule has 0 saturated carbocycles. The van der Waals surface area contributed by atoms with E-state index in [2.05, 4.69) is 22.4 Å². The van der Waals surface area contributed by atoms with Crippen LogP contribution in [0.15, 0.2) is 22.6 Å². The fourth-order valence-corrected chi connectivity index (χ4v) is 1.92. The van der Waals surface area contributed by atoms with Crippen molar-refractivity contribution in [2.45, 2.75) is 39.8 Å². The first kappa shape index (κ1) is 15.4. The molecule has 21 heavy (non-hydrogen) atoms. The van der Waals surface area contributed by atoms with Crippen molar-refractivity contribution in [2.24, 2.45) is 0 Å². The van der Waals surface area contributed by atoms with Crippen LogP contribution in [0.3, 0.4) is 0 Å². The van der Waals surface area contributed by atoms with Gasteiger partial charge in [-0.3, -0.25) is 0 Å². The van der Waals surface area contributed by atoms with Crippen LogP contribution in [0.2, 0.25) is 0 Å². The lowest BCUT2D eigenvalue weighted by molar-refractivity contribution is 0.249. The Morgan fingerprint density at radius 3 is 2.81 bits per heavy atom. The van der Waals surface area contributed by atoms with Crippen LogP contribution in [0.25, 0.3) is 0 Å². The molecule has 0 saturated heterocycles. The van der Waals surface area contributed by atoms with Crippen LogP contribution in [0.4, 0.5) is 4.39 Å². The third-order valence-corrected chi connectivity index (χ3v) is 3.08. The first-order chi connectivity index (χ1) is 10.1. The van der Waals surface area contributed by atoms with Gasteiger partial charge < -0.3 is 14.5 Å². The largest absolute Gasteiger partial charge is 0.481 e. The van der Waals surface area contributed by atoms with Crippen molar-refractivity contribution in [1.82, 2.24) is 15.5 Å². The van der Waals surface area contributed by atoms with Gasteiger partial charge in [0, 0.05) is 13.0 Å². The number of ether oxygens (including phenoxy) is 1. The molecule has 1 aromatic heterocycles. The van der Waals surface area contributed by atoms with Gasteiger partial charge in [0.2, 0.25) is 5.89 Å².